The average molecular weight is 406 g/mol. The Morgan fingerprint density at radius 1 is 1.24 bits per heavy atom. The number of allylic oxidation sites excluding steroid dienone is 2. The molecule has 1 unspecified atom stereocenters. The number of aromatic nitrogens is 2. The van der Waals surface area contributed by atoms with Gasteiger partial charge in [-0.2, -0.15) is 0 Å². The van der Waals surface area contributed by atoms with Gasteiger partial charge < -0.3 is 14.4 Å². The maximum atomic E-state index is 13.0. The van der Waals surface area contributed by atoms with E-state index in [1.807, 2.05) is 25.7 Å². The molecule has 2 heterocycles. The predicted octanol–water partition coefficient (Wildman–Crippen LogP) is 4.61. The largest absolute Gasteiger partial charge is 0.444 e. The lowest BCUT2D eigenvalue weighted by Crippen LogP contribution is -2.46. The Bertz CT molecular complexity index is 709. The second-order valence-electron chi connectivity index (χ2n) is 8.90. The van der Waals surface area contributed by atoms with E-state index in [0.717, 1.165) is 44.1 Å². The topological polar surface area (TPSA) is 64.5 Å². The number of hydrogen-bond acceptors (Lipinski definition) is 5. The molecule has 1 aromatic heterocycles. The Kier molecular flexibility index (Phi) is 7.22. The van der Waals surface area contributed by atoms with Crippen molar-refractivity contribution < 1.29 is 18.7 Å². The second kappa shape index (κ2) is 9.65. The summed E-state index contributed by atoms with van der Waals surface area (Å²) in [5, 5.41) is 0. The maximum absolute atomic E-state index is 13.0. The molecule has 2 aliphatic rings. The van der Waals surface area contributed by atoms with Crippen molar-refractivity contribution in [2.75, 3.05) is 19.8 Å². The van der Waals surface area contributed by atoms with Crippen LogP contribution in [0.1, 0.15) is 65.1 Å². The van der Waals surface area contributed by atoms with E-state index >= 15 is 0 Å². The van der Waals surface area contributed by atoms with Gasteiger partial charge in [-0.1, -0.05) is 6.08 Å². The summed E-state index contributed by atoms with van der Waals surface area (Å²) in [6.45, 7) is 7.78. The summed E-state index contributed by atoms with van der Waals surface area (Å²) in [4.78, 5) is 22.9. The van der Waals surface area contributed by atoms with Crippen molar-refractivity contribution in [2.45, 2.75) is 70.9 Å². The molecule has 1 aliphatic heterocycles. The highest BCUT2D eigenvalue weighted by Crippen LogP contribution is 2.31. The Morgan fingerprint density at radius 2 is 1.93 bits per heavy atom. The first-order valence-electron chi connectivity index (χ1n) is 10.6. The van der Waals surface area contributed by atoms with Gasteiger partial charge in [0.1, 0.15) is 5.60 Å². The van der Waals surface area contributed by atoms with Crippen LogP contribution in [0, 0.1) is 11.7 Å². The monoisotopic (exact) mass is 405 g/mol. The Morgan fingerprint density at radius 3 is 2.52 bits per heavy atom. The van der Waals surface area contributed by atoms with E-state index in [1.54, 1.807) is 0 Å². The van der Waals surface area contributed by atoms with E-state index in [2.05, 4.69) is 16.0 Å². The summed E-state index contributed by atoms with van der Waals surface area (Å²) in [5.74, 6) is 0.699. The number of halogens is 1. The fraction of sp³-hybridized carbons (Fsp3) is 0.682. The fourth-order valence-corrected chi connectivity index (χ4v) is 3.89. The average Bonchev–Trinajstić information content (AvgIpc) is 2.69. The molecule has 0 saturated carbocycles. The predicted molar refractivity (Wildman–Crippen MR) is 109 cm³/mol. The quantitative estimate of drug-likeness (QED) is 0.716. The Balaban J connectivity index is 1.57. The van der Waals surface area contributed by atoms with Crippen molar-refractivity contribution in [3.05, 3.63) is 30.1 Å². The molecule has 1 fully saturated rings. The number of carbonyl (C=O) groups is 1. The first-order chi connectivity index (χ1) is 13.8. The third-order valence-electron chi connectivity index (χ3n) is 5.46. The van der Waals surface area contributed by atoms with Gasteiger partial charge in [-0.25, -0.2) is 19.2 Å². The van der Waals surface area contributed by atoms with E-state index in [-0.39, 0.29) is 12.1 Å². The molecule has 29 heavy (non-hydrogen) atoms. The molecule has 1 atom stereocenters. The molecule has 0 bridgehead atoms. The summed E-state index contributed by atoms with van der Waals surface area (Å²) in [7, 11) is 0. The lowest BCUT2D eigenvalue weighted by atomic mass is 9.87. The molecular formula is C22H32FN3O3. The third-order valence-corrected chi connectivity index (χ3v) is 5.46. The Labute approximate surface area is 172 Å². The molecule has 1 amide bonds. The van der Waals surface area contributed by atoms with Crippen LogP contribution in [0.25, 0.3) is 5.57 Å². The van der Waals surface area contributed by atoms with E-state index in [4.69, 9.17) is 9.47 Å². The molecule has 1 saturated heterocycles. The van der Waals surface area contributed by atoms with Gasteiger partial charge in [-0.15, -0.1) is 0 Å². The van der Waals surface area contributed by atoms with Crippen LogP contribution in [0.3, 0.4) is 0 Å². The maximum Gasteiger partial charge on any atom is 0.410 e. The standard InChI is InChI=1S/C22H32FN3O3/c1-22(2,3)29-21(27)26(19-9-12-28-13-10-19)11-8-16-4-6-17(7-5-16)20-24-14-18(23)15-25-20/h6,14-16,19H,4-5,7-13H2,1-3H3. The molecule has 0 spiro atoms. The Hall–Kier alpha value is -2.02. The highest BCUT2D eigenvalue weighted by molar-refractivity contribution is 5.68. The molecule has 1 aromatic rings. The zero-order valence-electron chi connectivity index (χ0n) is 17.7. The molecule has 0 radical (unpaired) electrons. The zero-order chi connectivity index (χ0) is 20.9. The first kappa shape index (κ1) is 21.7. The SMILES string of the molecule is CC(C)(C)OC(=O)N(CCC1CC=C(c2ncc(F)cn2)CC1)C1CCOCC1. The summed E-state index contributed by atoms with van der Waals surface area (Å²) in [5.41, 5.74) is 0.577. The normalized spacial score (nSPS) is 20.8. The summed E-state index contributed by atoms with van der Waals surface area (Å²) in [6.07, 6.45) is 9.82. The van der Waals surface area contributed by atoms with Crippen molar-refractivity contribution in [1.82, 2.24) is 14.9 Å². The van der Waals surface area contributed by atoms with Crippen molar-refractivity contribution in [1.29, 1.82) is 0 Å². The van der Waals surface area contributed by atoms with Gasteiger partial charge in [-0.3, -0.25) is 0 Å². The lowest BCUT2D eigenvalue weighted by molar-refractivity contribution is -0.00697. The molecule has 160 valence electrons. The zero-order valence-corrected chi connectivity index (χ0v) is 17.7. The van der Waals surface area contributed by atoms with Crippen LogP contribution < -0.4 is 0 Å². The van der Waals surface area contributed by atoms with Crippen molar-refractivity contribution >= 4 is 11.7 Å². The van der Waals surface area contributed by atoms with Crippen LogP contribution in [0.2, 0.25) is 0 Å². The molecular weight excluding hydrogens is 373 g/mol. The van der Waals surface area contributed by atoms with Gasteiger partial charge in [0.15, 0.2) is 11.6 Å². The minimum absolute atomic E-state index is 0.181. The van der Waals surface area contributed by atoms with Crippen LogP contribution in [0.4, 0.5) is 9.18 Å². The number of nitrogens with zero attached hydrogens (tertiary/aromatic N) is 3. The minimum Gasteiger partial charge on any atom is -0.444 e. The van der Waals surface area contributed by atoms with E-state index in [0.29, 0.717) is 31.5 Å². The third kappa shape index (κ3) is 6.49. The van der Waals surface area contributed by atoms with Crippen LogP contribution in [0.15, 0.2) is 18.5 Å². The van der Waals surface area contributed by atoms with Crippen molar-refractivity contribution in [3.63, 3.8) is 0 Å². The van der Waals surface area contributed by atoms with Crippen molar-refractivity contribution in [2.24, 2.45) is 5.92 Å². The molecule has 3 rings (SSSR count). The molecule has 1 aliphatic carbocycles. The van der Waals surface area contributed by atoms with E-state index in [9.17, 15) is 9.18 Å². The van der Waals surface area contributed by atoms with Gasteiger partial charge in [0.2, 0.25) is 0 Å². The number of hydrogen-bond donors (Lipinski definition) is 0. The van der Waals surface area contributed by atoms with Gasteiger partial charge in [0.05, 0.1) is 12.4 Å². The summed E-state index contributed by atoms with van der Waals surface area (Å²) >= 11 is 0. The van der Waals surface area contributed by atoms with Gasteiger partial charge in [-0.05, 0) is 70.8 Å². The molecule has 0 N–H and O–H groups in total. The highest BCUT2D eigenvalue weighted by Gasteiger charge is 2.30. The highest BCUT2D eigenvalue weighted by atomic mass is 19.1. The second-order valence-corrected chi connectivity index (χ2v) is 8.90. The van der Waals surface area contributed by atoms with Crippen LogP contribution in [-0.2, 0) is 9.47 Å². The van der Waals surface area contributed by atoms with E-state index < -0.39 is 11.4 Å². The van der Waals surface area contributed by atoms with E-state index in [1.165, 1.54) is 12.4 Å². The number of rotatable bonds is 5. The van der Waals surface area contributed by atoms with Crippen molar-refractivity contribution in [3.8, 4) is 0 Å². The van der Waals surface area contributed by atoms with Gasteiger partial charge in [0, 0.05) is 25.8 Å². The lowest BCUT2D eigenvalue weighted by Gasteiger charge is -2.36. The molecule has 6 nitrogen and oxygen atoms in total. The molecule has 0 aromatic carbocycles. The number of carbonyl (C=O) groups excluding carboxylic acids is 1. The number of ether oxygens (including phenoxy) is 2. The minimum atomic E-state index is -0.502. The van der Waals surface area contributed by atoms with Crippen LogP contribution >= 0.6 is 0 Å². The smallest absolute Gasteiger partial charge is 0.410 e. The van der Waals surface area contributed by atoms with Gasteiger partial charge in [0.25, 0.3) is 0 Å². The van der Waals surface area contributed by atoms with Crippen LogP contribution in [0.5, 0.6) is 0 Å². The molecule has 7 heteroatoms. The van der Waals surface area contributed by atoms with Crippen LogP contribution in [-0.4, -0.2) is 52.4 Å². The summed E-state index contributed by atoms with van der Waals surface area (Å²) in [6, 6.07) is 0.181. The first-order valence-corrected chi connectivity index (χ1v) is 10.6. The fourth-order valence-electron chi connectivity index (χ4n) is 3.89. The van der Waals surface area contributed by atoms with Gasteiger partial charge >= 0.3 is 6.09 Å². The summed E-state index contributed by atoms with van der Waals surface area (Å²) < 4.78 is 24.1. The number of amides is 1.